The van der Waals surface area contributed by atoms with Gasteiger partial charge in [-0.25, -0.2) is 0 Å². The van der Waals surface area contributed by atoms with Gasteiger partial charge in [-0.3, -0.25) is 4.79 Å². The average molecular weight is 325 g/mol. The van der Waals surface area contributed by atoms with E-state index in [0.717, 1.165) is 6.07 Å². The number of halogens is 6. The van der Waals surface area contributed by atoms with Gasteiger partial charge in [0.15, 0.2) is 0 Å². The van der Waals surface area contributed by atoms with E-state index in [4.69, 9.17) is 5.26 Å². The smallest absolute Gasteiger partial charge is 0.417 e. The van der Waals surface area contributed by atoms with Gasteiger partial charge in [-0.2, -0.15) is 31.6 Å². The van der Waals surface area contributed by atoms with Gasteiger partial charge < -0.3 is 4.74 Å². The van der Waals surface area contributed by atoms with Crippen molar-refractivity contribution in [3.8, 4) is 6.07 Å². The molecular weight excluding hydrogens is 316 g/mol. The highest BCUT2D eigenvalue weighted by Crippen LogP contribution is 2.41. The average Bonchev–Trinajstić information content (AvgIpc) is 2.35. The molecule has 1 rings (SSSR count). The summed E-state index contributed by atoms with van der Waals surface area (Å²) in [7, 11) is 0. The van der Waals surface area contributed by atoms with Gasteiger partial charge in [0.25, 0.3) is 0 Å². The lowest BCUT2D eigenvalue weighted by Crippen LogP contribution is -2.19. The number of alkyl halides is 6. The van der Waals surface area contributed by atoms with Crippen LogP contribution in [0.2, 0.25) is 0 Å². The number of nitrogens with zero attached hydrogens (tertiary/aromatic N) is 1. The molecule has 0 aliphatic rings. The first-order chi connectivity index (χ1) is 10.0. The summed E-state index contributed by atoms with van der Waals surface area (Å²) in [5, 5.41) is 8.72. The van der Waals surface area contributed by atoms with E-state index in [2.05, 4.69) is 4.74 Å². The fraction of sp³-hybridized carbons (Fsp3) is 0.385. The third-order valence-electron chi connectivity index (χ3n) is 2.63. The maximum Gasteiger partial charge on any atom is 0.417 e. The SMILES string of the molecule is CCOC(=O)Cc1ccc(C(F)(F)F)c(C#N)c1C(F)(F)F. The second kappa shape index (κ2) is 6.25. The molecule has 0 spiro atoms. The third kappa shape index (κ3) is 3.90. The van der Waals surface area contributed by atoms with Crippen LogP contribution in [0.15, 0.2) is 12.1 Å². The topological polar surface area (TPSA) is 50.1 Å². The second-order valence-electron chi connectivity index (χ2n) is 4.11. The van der Waals surface area contributed by atoms with Crippen molar-refractivity contribution in [2.24, 2.45) is 0 Å². The van der Waals surface area contributed by atoms with Gasteiger partial charge in [0, 0.05) is 0 Å². The Morgan fingerprint density at radius 1 is 1.18 bits per heavy atom. The molecule has 0 radical (unpaired) electrons. The zero-order valence-corrected chi connectivity index (χ0v) is 11.1. The highest BCUT2D eigenvalue weighted by Gasteiger charge is 2.43. The molecule has 3 nitrogen and oxygen atoms in total. The van der Waals surface area contributed by atoms with E-state index in [-0.39, 0.29) is 6.61 Å². The summed E-state index contributed by atoms with van der Waals surface area (Å²) < 4.78 is 81.7. The van der Waals surface area contributed by atoms with Gasteiger partial charge in [0.05, 0.1) is 29.7 Å². The summed E-state index contributed by atoms with van der Waals surface area (Å²) >= 11 is 0. The maximum atomic E-state index is 13.0. The molecule has 0 saturated carbocycles. The van der Waals surface area contributed by atoms with Crippen molar-refractivity contribution in [2.45, 2.75) is 25.7 Å². The third-order valence-corrected chi connectivity index (χ3v) is 2.63. The van der Waals surface area contributed by atoms with Gasteiger partial charge in [0.2, 0.25) is 0 Å². The van der Waals surface area contributed by atoms with Crippen LogP contribution in [-0.2, 0) is 28.3 Å². The van der Waals surface area contributed by atoms with Gasteiger partial charge in [-0.15, -0.1) is 0 Å². The van der Waals surface area contributed by atoms with Crippen molar-refractivity contribution in [2.75, 3.05) is 6.61 Å². The van der Waals surface area contributed by atoms with E-state index in [1.807, 2.05) is 0 Å². The maximum absolute atomic E-state index is 13.0. The van der Waals surface area contributed by atoms with Crippen LogP contribution in [0.4, 0.5) is 26.3 Å². The number of rotatable bonds is 3. The lowest BCUT2D eigenvalue weighted by atomic mass is 9.94. The van der Waals surface area contributed by atoms with E-state index in [9.17, 15) is 31.1 Å². The molecule has 1 aromatic rings. The van der Waals surface area contributed by atoms with E-state index in [1.54, 1.807) is 0 Å². The van der Waals surface area contributed by atoms with Crippen molar-refractivity contribution in [1.82, 2.24) is 0 Å². The lowest BCUT2D eigenvalue weighted by Gasteiger charge is -2.18. The molecule has 0 aliphatic heterocycles. The standard InChI is InChI=1S/C13H9F6NO2/c1-2-22-10(21)5-7-3-4-9(12(14,15)16)8(6-20)11(7)13(17,18)19/h3-4H,2,5H2,1H3. The number of esters is 1. The monoisotopic (exact) mass is 325 g/mol. The molecule has 0 amide bonds. The van der Waals surface area contributed by atoms with Crippen LogP contribution in [0.3, 0.4) is 0 Å². The Bertz CT molecular complexity index is 613. The molecule has 9 heteroatoms. The minimum absolute atomic E-state index is 0.0913. The molecule has 0 atom stereocenters. The lowest BCUT2D eigenvalue weighted by molar-refractivity contribution is -0.144. The van der Waals surface area contributed by atoms with E-state index in [0.29, 0.717) is 12.1 Å². The van der Waals surface area contributed by atoms with Gasteiger partial charge in [-0.1, -0.05) is 6.07 Å². The van der Waals surface area contributed by atoms with Crippen LogP contribution in [0, 0.1) is 11.3 Å². The molecule has 0 saturated heterocycles. The Morgan fingerprint density at radius 3 is 2.18 bits per heavy atom. The Hall–Kier alpha value is -2.24. The van der Waals surface area contributed by atoms with Crippen LogP contribution < -0.4 is 0 Å². The van der Waals surface area contributed by atoms with Crippen molar-refractivity contribution in [3.05, 3.63) is 34.4 Å². The molecule has 0 aliphatic carbocycles. The number of carbonyl (C=O) groups is 1. The van der Waals surface area contributed by atoms with Gasteiger partial charge in [-0.05, 0) is 18.6 Å². The molecule has 0 heterocycles. The quantitative estimate of drug-likeness (QED) is 0.629. The summed E-state index contributed by atoms with van der Waals surface area (Å²) in [5.74, 6) is -1.03. The number of carbonyl (C=O) groups excluding carboxylic acids is 1. The summed E-state index contributed by atoms with van der Waals surface area (Å²) in [6.45, 7) is 1.34. The first kappa shape index (κ1) is 17.8. The number of nitriles is 1. The Kier molecular flexibility index (Phi) is 5.06. The number of hydrogen-bond acceptors (Lipinski definition) is 3. The largest absolute Gasteiger partial charge is 0.466 e. The summed E-state index contributed by atoms with van der Waals surface area (Å²) in [5.41, 5.74) is -5.76. The summed E-state index contributed by atoms with van der Waals surface area (Å²) in [6, 6.07) is 1.81. The molecule has 0 aromatic heterocycles. The fourth-order valence-corrected chi connectivity index (χ4v) is 1.84. The molecular formula is C13H9F6NO2. The van der Waals surface area contributed by atoms with Crippen molar-refractivity contribution in [3.63, 3.8) is 0 Å². The van der Waals surface area contributed by atoms with Crippen LogP contribution >= 0.6 is 0 Å². The van der Waals surface area contributed by atoms with Crippen molar-refractivity contribution < 1.29 is 35.9 Å². The highest BCUT2D eigenvalue weighted by atomic mass is 19.4. The fourth-order valence-electron chi connectivity index (χ4n) is 1.84. The number of ether oxygens (including phenoxy) is 1. The van der Waals surface area contributed by atoms with Crippen LogP contribution in [0.1, 0.15) is 29.2 Å². The Balaban J connectivity index is 3.55. The number of benzene rings is 1. The molecule has 0 unspecified atom stereocenters. The predicted molar refractivity (Wildman–Crippen MR) is 61.5 cm³/mol. The van der Waals surface area contributed by atoms with Gasteiger partial charge >= 0.3 is 18.3 Å². The molecule has 22 heavy (non-hydrogen) atoms. The van der Waals surface area contributed by atoms with E-state index >= 15 is 0 Å². The normalized spacial score (nSPS) is 11.9. The minimum atomic E-state index is -5.21. The van der Waals surface area contributed by atoms with Crippen LogP contribution in [-0.4, -0.2) is 12.6 Å². The summed E-state index contributed by atoms with van der Waals surface area (Å²) in [4.78, 5) is 11.3. The molecule has 0 bridgehead atoms. The summed E-state index contributed by atoms with van der Waals surface area (Å²) in [6.07, 6.45) is -11.2. The van der Waals surface area contributed by atoms with E-state index < -0.39 is 47.0 Å². The molecule has 0 N–H and O–H groups in total. The van der Waals surface area contributed by atoms with Crippen LogP contribution in [0.5, 0.6) is 0 Å². The molecule has 0 fully saturated rings. The minimum Gasteiger partial charge on any atom is -0.466 e. The zero-order chi connectivity index (χ0) is 17.1. The van der Waals surface area contributed by atoms with Crippen molar-refractivity contribution in [1.29, 1.82) is 5.26 Å². The Labute approximate surface area is 121 Å². The van der Waals surface area contributed by atoms with Crippen LogP contribution in [0.25, 0.3) is 0 Å². The predicted octanol–water partition coefficient (Wildman–Crippen LogP) is 3.70. The van der Waals surface area contributed by atoms with Gasteiger partial charge in [0.1, 0.15) is 6.07 Å². The number of hydrogen-bond donors (Lipinski definition) is 0. The first-order valence-corrected chi connectivity index (χ1v) is 5.88. The Morgan fingerprint density at radius 2 is 1.77 bits per heavy atom. The highest BCUT2D eigenvalue weighted by molar-refractivity contribution is 5.74. The first-order valence-electron chi connectivity index (χ1n) is 5.88. The molecule has 1 aromatic carbocycles. The van der Waals surface area contributed by atoms with Crippen molar-refractivity contribution >= 4 is 5.97 Å². The second-order valence-corrected chi connectivity index (χ2v) is 4.11. The molecule has 120 valence electrons. The zero-order valence-electron chi connectivity index (χ0n) is 11.1. The van der Waals surface area contributed by atoms with E-state index in [1.165, 1.54) is 6.92 Å².